The summed E-state index contributed by atoms with van der Waals surface area (Å²) in [5.74, 6) is -1.62. The molecule has 0 unspecified atom stereocenters. The Bertz CT molecular complexity index is 395. The lowest BCUT2D eigenvalue weighted by Crippen LogP contribution is -2.11. The molecule has 1 rings (SSSR count). The molecule has 100 valence electrons. The van der Waals surface area contributed by atoms with Gasteiger partial charge in [-0.3, -0.25) is 9.59 Å². The van der Waals surface area contributed by atoms with Gasteiger partial charge in [-0.2, -0.15) is 0 Å². The number of aliphatic carboxylic acids is 2. The number of carboxylic acid groups (broad SMARTS) is 2. The number of carboxylic acids is 2. The van der Waals surface area contributed by atoms with E-state index in [1.807, 2.05) is 24.3 Å². The Kier molecular flexibility index (Phi) is 6.09. The van der Waals surface area contributed by atoms with Gasteiger partial charge < -0.3 is 10.2 Å². The van der Waals surface area contributed by atoms with Crippen LogP contribution < -0.4 is 0 Å². The molecule has 0 saturated heterocycles. The van der Waals surface area contributed by atoms with Crippen molar-refractivity contribution in [2.45, 2.75) is 39.5 Å². The third-order valence-electron chi connectivity index (χ3n) is 2.18. The molecule has 0 aliphatic rings. The first-order valence-corrected chi connectivity index (χ1v) is 5.63. The van der Waals surface area contributed by atoms with Crippen LogP contribution in [0.5, 0.6) is 0 Å². The highest BCUT2D eigenvalue weighted by molar-refractivity contribution is 5.70. The molecule has 1 aromatic rings. The van der Waals surface area contributed by atoms with E-state index < -0.39 is 11.9 Å². The van der Waals surface area contributed by atoms with E-state index in [4.69, 9.17) is 15.0 Å². The SMILES string of the molecule is CC(=O)O.CC(C)(C)c1ccc(CC(=O)O)cc1. The molecule has 0 heterocycles. The summed E-state index contributed by atoms with van der Waals surface area (Å²) in [6.45, 7) is 7.50. The second-order valence-corrected chi connectivity index (χ2v) is 5.04. The molecular weight excluding hydrogens is 232 g/mol. The maximum Gasteiger partial charge on any atom is 0.307 e. The summed E-state index contributed by atoms with van der Waals surface area (Å²) in [6, 6.07) is 7.76. The van der Waals surface area contributed by atoms with Gasteiger partial charge in [-0.05, 0) is 16.5 Å². The van der Waals surface area contributed by atoms with Crippen molar-refractivity contribution in [2.75, 3.05) is 0 Å². The molecule has 1 aromatic carbocycles. The Hall–Kier alpha value is -1.84. The van der Waals surface area contributed by atoms with Crippen molar-refractivity contribution >= 4 is 11.9 Å². The lowest BCUT2D eigenvalue weighted by atomic mass is 9.86. The van der Waals surface area contributed by atoms with E-state index in [0.29, 0.717) is 0 Å². The maximum absolute atomic E-state index is 10.5. The highest BCUT2D eigenvalue weighted by atomic mass is 16.4. The molecule has 0 bridgehead atoms. The van der Waals surface area contributed by atoms with E-state index in [-0.39, 0.29) is 11.8 Å². The highest BCUT2D eigenvalue weighted by Crippen LogP contribution is 2.22. The Labute approximate surface area is 107 Å². The molecule has 4 nitrogen and oxygen atoms in total. The topological polar surface area (TPSA) is 74.6 Å². The van der Waals surface area contributed by atoms with Gasteiger partial charge in [0.05, 0.1) is 6.42 Å². The molecule has 0 aliphatic heterocycles. The molecule has 18 heavy (non-hydrogen) atoms. The second kappa shape index (κ2) is 6.79. The largest absolute Gasteiger partial charge is 0.481 e. The van der Waals surface area contributed by atoms with Gasteiger partial charge in [0.2, 0.25) is 0 Å². The summed E-state index contributed by atoms with van der Waals surface area (Å²) in [5, 5.41) is 16.0. The zero-order valence-electron chi connectivity index (χ0n) is 11.2. The zero-order valence-corrected chi connectivity index (χ0v) is 11.2. The van der Waals surface area contributed by atoms with Crippen LogP contribution in [0.1, 0.15) is 38.8 Å². The van der Waals surface area contributed by atoms with Gasteiger partial charge in [0.15, 0.2) is 0 Å². The Morgan fingerprint density at radius 2 is 1.44 bits per heavy atom. The summed E-state index contributed by atoms with van der Waals surface area (Å²) < 4.78 is 0. The molecule has 0 aromatic heterocycles. The molecule has 0 aliphatic carbocycles. The van der Waals surface area contributed by atoms with Crippen LogP contribution in [-0.4, -0.2) is 22.2 Å². The quantitative estimate of drug-likeness (QED) is 0.848. The van der Waals surface area contributed by atoms with Crippen molar-refractivity contribution in [1.82, 2.24) is 0 Å². The minimum Gasteiger partial charge on any atom is -0.481 e. The third kappa shape index (κ3) is 7.44. The minimum absolute atomic E-state index is 0.102. The summed E-state index contributed by atoms with van der Waals surface area (Å²) in [4.78, 5) is 19.5. The maximum atomic E-state index is 10.5. The Morgan fingerprint density at radius 3 is 1.72 bits per heavy atom. The van der Waals surface area contributed by atoms with E-state index in [0.717, 1.165) is 12.5 Å². The van der Waals surface area contributed by atoms with E-state index in [9.17, 15) is 4.79 Å². The standard InChI is InChI=1S/C12H16O2.C2H4O2/c1-12(2,3)10-6-4-9(5-7-10)8-11(13)14;1-2(3)4/h4-7H,8H2,1-3H3,(H,13,14);1H3,(H,3,4). The van der Waals surface area contributed by atoms with Crippen molar-refractivity contribution in [3.63, 3.8) is 0 Å². The summed E-state index contributed by atoms with van der Waals surface area (Å²) in [5.41, 5.74) is 2.21. The van der Waals surface area contributed by atoms with Crippen LogP contribution in [-0.2, 0) is 21.4 Å². The molecule has 0 radical (unpaired) electrons. The van der Waals surface area contributed by atoms with Crippen molar-refractivity contribution in [2.24, 2.45) is 0 Å². The van der Waals surface area contributed by atoms with Crippen LogP contribution in [0.3, 0.4) is 0 Å². The normalized spacial score (nSPS) is 10.2. The van der Waals surface area contributed by atoms with E-state index in [1.165, 1.54) is 5.56 Å². The van der Waals surface area contributed by atoms with Gasteiger partial charge in [-0.15, -0.1) is 0 Å². The minimum atomic E-state index is -0.833. The zero-order chi connectivity index (χ0) is 14.3. The van der Waals surface area contributed by atoms with Gasteiger partial charge in [0.25, 0.3) is 5.97 Å². The van der Waals surface area contributed by atoms with E-state index in [1.54, 1.807) is 0 Å². The van der Waals surface area contributed by atoms with Gasteiger partial charge in [0, 0.05) is 6.92 Å². The first-order chi connectivity index (χ1) is 8.12. The fraction of sp³-hybridized carbons (Fsp3) is 0.429. The van der Waals surface area contributed by atoms with Crippen LogP contribution in [0.4, 0.5) is 0 Å². The van der Waals surface area contributed by atoms with Crippen molar-refractivity contribution < 1.29 is 19.8 Å². The first-order valence-electron chi connectivity index (χ1n) is 5.63. The third-order valence-corrected chi connectivity index (χ3v) is 2.18. The smallest absolute Gasteiger partial charge is 0.307 e. The lowest BCUT2D eigenvalue weighted by molar-refractivity contribution is -0.136. The number of benzene rings is 1. The summed E-state index contributed by atoms with van der Waals surface area (Å²) in [6.07, 6.45) is 0.102. The lowest BCUT2D eigenvalue weighted by Gasteiger charge is -2.18. The number of rotatable bonds is 2. The van der Waals surface area contributed by atoms with Crippen LogP contribution in [0, 0.1) is 0 Å². The van der Waals surface area contributed by atoms with E-state index in [2.05, 4.69) is 20.8 Å². The average Bonchev–Trinajstić information content (AvgIpc) is 2.14. The van der Waals surface area contributed by atoms with Crippen molar-refractivity contribution in [3.8, 4) is 0 Å². The fourth-order valence-electron chi connectivity index (χ4n) is 1.30. The molecule has 4 heteroatoms. The van der Waals surface area contributed by atoms with Gasteiger partial charge in [-0.1, -0.05) is 45.0 Å². The molecule has 0 spiro atoms. The number of carbonyl (C=O) groups is 2. The average molecular weight is 252 g/mol. The van der Waals surface area contributed by atoms with Gasteiger partial charge in [-0.25, -0.2) is 0 Å². The summed E-state index contributed by atoms with van der Waals surface area (Å²) >= 11 is 0. The highest BCUT2D eigenvalue weighted by Gasteiger charge is 2.12. The second-order valence-electron chi connectivity index (χ2n) is 5.04. The predicted octanol–water partition coefficient (Wildman–Crippen LogP) is 2.70. The van der Waals surface area contributed by atoms with Crippen LogP contribution >= 0.6 is 0 Å². The fourth-order valence-corrected chi connectivity index (χ4v) is 1.30. The number of hydrogen-bond acceptors (Lipinski definition) is 2. The molecule has 0 amide bonds. The van der Waals surface area contributed by atoms with Crippen LogP contribution in [0.15, 0.2) is 24.3 Å². The van der Waals surface area contributed by atoms with Crippen LogP contribution in [0.25, 0.3) is 0 Å². The monoisotopic (exact) mass is 252 g/mol. The number of hydrogen-bond donors (Lipinski definition) is 2. The predicted molar refractivity (Wildman–Crippen MR) is 69.8 cm³/mol. The Morgan fingerprint density at radius 1 is 1.06 bits per heavy atom. The molecule has 0 saturated carbocycles. The van der Waals surface area contributed by atoms with Crippen LogP contribution in [0.2, 0.25) is 0 Å². The first kappa shape index (κ1) is 16.2. The molecule has 0 fully saturated rings. The van der Waals surface area contributed by atoms with Gasteiger partial charge in [0.1, 0.15) is 0 Å². The molecule has 0 atom stereocenters. The summed E-state index contributed by atoms with van der Waals surface area (Å²) in [7, 11) is 0. The van der Waals surface area contributed by atoms with Crippen molar-refractivity contribution in [3.05, 3.63) is 35.4 Å². The Balaban J connectivity index is 0.000000631. The molecule has 2 N–H and O–H groups in total. The van der Waals surface area contributed by atoms with Gasteiger partial charge >= 0.3 is 5.97 Å². The van der Waals surface area contributed by atoms with Crippen molar-refractivity contribution in [1.29, 1.82) is 0 Å². The molecular formula is C14H20O4. The van der Waals surface area contributed by atoms with E-state index >= 15 is 0 Å².